The summed E-state index contributed by atoms with van der Waals surface area (Å²) in [6.45, 7) is 2.13. The second-order valence-corrected chi connectivity index (χ2v) is 6.78. The van der Waals surface area contributed by atoms with Gasteiger partial charge in [-0.3, -0.25) is 10.2 Å². The standard InChI is InChI=1S/C21H25N3O2/c1-4-18-11-9-16-13-17(10-12-19(16)26-18)23-21(25)15-7-5-14(6-8-15)20(22)24(2)3/h5-8,10,12-13,18,22H,4,9,11H2,1-3H3,(H,23,25). The molecule has 2 N–H and O–H groups in total. The first-order chi connectivity index (χ1) is 12.5. The normalized spacial score (nSPS) is 15.6. The van der Waals surface area contributed by atoms with Crippen LogP contribution in [0.2, 0.25) is 0 Å². The lowest BCUT2D eigenvalue weighted by molar-refractivity contribution is 0.102. The topological polar surface area (TPSA) is 65.4 Å². The fourth-order valence-corrected chi connectivity index (χ4v) is 3.05. The van der Waals surface area contributed by atoms with Gasteiger partial charge in [-0.25, -0.2) is 0 Å². The summed E-state index contributed by atoms with van der Waals surface area (Å²) < 4.78 is 5.94. The van der Waals surface area contributed by atoms with Crippen LogP contribution in [0.1, 0.15) is 41.3 Å². The van der Waals surface area contributed by atoms with E-state index >= 15 is 0 Å². The first kappa shape index (κ1) is 18.0. The zero-order chi connectivity index (χ0) is 18.7. The van der Waals surface area contributed by atoms with Crippen LogP contribution in [0.25, 0.3) is 0 Å². The van der Waals surface area contributed by atoms with Crippen LogP contribution in [0.4, 0.5) is 5.69 Å². The molecule has 0 aromatic heterocycles. The van der Waals surface area contributed by atoms with Crippen molar-refractivity contribution in [3.05, 3.63) is 59.2 Å². The van der Waals surface area contributed by atoms with Crippen LogP contribution in [0.5, 0.6) is 5.75 Å². The molecule has 0 radical (unpaired) electrons. The minimum Gasteiger partial charge on any atom is -0.490 e. The molecule has 0 aliphatic carbocycles. The summed E-state index contributed by atoms with van der Waals surface area (Å²) >= 11 is 0. The minimum atomic E-state index is -0.156. The van der Waals surface area contributed by atoms with Crippen molar-refractivity contribution in [3.63, 3.8) is 0 Å². The van der Waals surface area contributed by atoms with Crippen molar-refractivity contribution in [2.75, 3.05) is 19.4 Å². The number of amides is 1. The van der Waals surface area contributed by atoms with Gasteiger partial charge >= 0.3 is 0 Å². The number of aryl methyl sites for hydroxylation is 1. The second-order valence-electron chi connectivity index (χ2n) is 6.78. The number of carbonyl (C=O) groups is 1. The molecule has 0 fully saturated rings. The van der Waals surface area contributed by atoms with Crippen molar-refractivity contribution in [3.8, 4) is 5.75 Å². The maximum atomic E-state index is 12.5. The average molecular weight is 351 g/mol. The highest BCUT2D eigenvalue weighted by molar-refractivity contribution is 6.05. The lowest BCUT2D eigenvalue weighted by atomic mass is 10.0. The van der Waals surface area contributed by atoms with E-state index in [4.69, 9.17) is 10.1 Å². The minimum absolute atomic E-state index is 0.156. The molecule has 0 saturated carbocycles. The third-order valence-corrected chi connectivity index (χ3v) is 4.67. The van der Waals surface area contributed by atoms with E-state index in [1.54, 1.807) is 29.2 Å². The molecule has 136 valence electrons. The predicted octanol–water partition coefficient (Wildman–Crippen LogP) is 3.93. The Kier molecular flexibility index (Phi) is 5.26. The van der Waals surface area contributed by atoms with E-state index in [-0.39, 0.29) is 5.91 Å². The molecule has 1 aliphatic heterocycles. The van der Waals surface area contributed by atoms with E-state index < -0.39 is 0 Å². The van der Waals surface area contributed by atoms with Gasteiger partial charge in [-0.05, 0) is 55.2 Å². The Morgan fingerprint density at radius 3 is 2.54 bits per heavy atom. The predicted molar refractivity (Wildman–Crippen MR) is 104 cm³/mol. The molecule has 1 amide bonds. The van der Waals surface area contributed by atoms with Crippen LogP contribution in [0.3, 0.4) is 0 Å². The molecule has 2 aromatic rings. The number of ether oxygens (including phenoxy) is 1. The summed E-state index contributed by atoms with van der Waals surface area (Å²) in [5, 5.41) is 10.9. The van der Waals surface area contributed by atoms with Crippen LogP contribution in [-0.2, 0) is 6.42 Å². The Bertz CT molecular complexity index is 813. The maximum Gasteiger partial charge on any atom is 0.255 e. The fourth-order valence-electron chi connectivity index (χ4n) is 3.05. The van der Waals surface area contributed by atoms with Gasteiger partial charge in [0.2, 0.25) is 0 Å². The largest absolute Gasteiger partial charge is 0.490 e. The highest BCUT2D eigenvalue weighted by Gasteiger charge is 2.19. The fraction of sp³-hybridized carbons (Fsp3) is 0.333. The molecule has 5 nitrogen and oxygen atoms in total. The molecule has 0 bridgehead atoms. The van der Waals surface area contributed by atoms with E-state index in [1.165, 1.54) is 0 Å². The van der Waals surface area contributed by atoms with Gasteiger partial charge in [-0.1, -0.05) is 19.1 Å². The number of nitrogens with zero attached hydrogens (tertiary/aromatic N) is 1. The smallest absolute Gasteiger partial charge is 0.255 e. The molecule has 1 aliphatic rings. The van der Waals surface area contributed by atoms with Gasteiger partial charge in [0.05, 0.1) is 6.10 Å². The molecule has 2 aromatic carbocycles. The van der Waals surface area contributed by atoms with E-state index in [9.17, 15) is 4.79 Å². The molecule has 3 rings (SSSR count). The van der Waals surface area contributed by atoms with E-state index in [2.05, 4.69) is 12.2 Å². The van der Waals surface area contributed by atoms with Crippen molar-refractivity contribution in [2.24, 2.45) is 0 Å². The summed E-state index contributed by atoms with van der Waals surface area (Å²) in [6, 6.07) is 12.9. The van der Waals surface area contributed by atoms with Crippen LogP contribution in [0, 0.1) is 5.41 Å². The Balaban J connectivity index is 1.69. The quantitative estimate of drug-likeness (QED) is 0.648. The van der Waals surface area contributed by atoms with Gasteiger partial charge in [0, 0.05) is 30.9 Å². The first-order valence-electron chi connectivity index (χ1n) is 8.95. The number of rotatable bonds is 4. The van der Waals surface area contributed by atoms with Crippen molar-refractivity contribution in [1.29, 1.82) is 5.41 Å². The van der Waals surface area contributed by atoms with Crippen LogP contribution in [0.15, 0.2) is 42.5 Å². The summed E-state index contributed by atoms with van der Waals surface area (Å²) in [7, 11) is 3.65. The third kappa shape index (κ3) is 3.87. The SMILES string of the molecule is CCC1CCc2cc(NC(=O)c3ccc(C(=N)N(C)C)cc3)ccc2O1. The summed E-state index contributed by atoms with van der Waals surface area (Å²) in [6.07, 6.45) is 3.29. The molecule has 26 heavy (non-hydrogen) atoms. The Labute approximate surface area is 154 Å². The molecule has 0 saturated heterocycles. The Morgan fingerprint density at radius 1 is 1.19 bits per heavy atom. The number of hydrogen-bond donors (Lipinski definition) is 2. The van der Waals surface area contributed by atoms with Crippen molar-refractivity contribution < 1.29 is 9.53 Å². The van der Waals surface area contributed by atoms with Gasteiger partial charge in [0.15, 0.2) is 0 Å². The second kappa shape index (κ2) is 7.60. The van der Waals surface area contributed by atoms with E-state index in [0.29, 0.717) is 17.5 Å². The molecule has 1 heterocycles. The average Bonchev–Trinajstić information content (AvgIpc) is 2.67. The monoisotopic (exact) mass is 351 g/mol. The Hall–Kier alpha value is -2.82. The van der Waals surface area contributed by atoms with E-state index in [0.717, 1.165) is 41.8 Å². The number of carbonyl (C=O) groups excluding carboxylic acids is 1. The lowest BCUT2D eigenvalue weighted by Gasteiger charge is -2.25. The number of amidine groups is 1. The summed E-state index contributed by atoms with van der Waals surface area (Å²) in [5.74, 6) is 1.18. The number of anilines is 1. The first-order valence-corrected chi connectivity index (χ1v) is 8.95. The molecule has 1 atom stereocenters. The highest BCUT2D eigenvalue weighted by Crippen LogP contribution is 2.31. The van der Waals surface area contributed by atoms with Crippen LogP contribution in [-0.4, -0.2) is 36.8 Å². The maximum absolute atomic E-state index is 12.5. The zero-order valence-corrected chi connectivity index (χ0v) is 15.5. The molecular formula is C21H25N3O2. The summed E-state index contributed by atoms with van der Waals surface area (Å²) in [4.78, 5) is 14.2. The highest BCUT2D eigenvalue weighted by atomic mass is 16.5. The molecule has 0 spiro atoms. The number of nitrogens with one attached hydrogen (secondary N) is 2. The number of fused-ring (bicyclic) bond motifs is 1. The van der Waals surface area contributed by atoms with Crippen LogP contribution < -0.4 is 10.1 Å². The Morgan fingerprint density at radius 2 is 1.88 bits per heavy atom. The van der Waals surface area contributed by atoms with Gasteiger partial charge in [0.1, 0.15) is 11.6 Å². The number of benzene rings is 2. The van der Waals surface area contributed by atoms with Gasteiger partial charge in [-0.15, -0.1) is 0 Å². The van der Waals surface area contributed by atoms with Crippen LogP contribution >= 0.6 is 0 Å². The van der Waals surface area contributed by atoms with Gasteiger partial charge < -0.3 is 15.0 Å². The van der Waals surface area contributed by atoms with Gasteiger partial charge in [-0.2, -0.15) is 0 Å². The summed E-state index contributed by atoms with van der Waals surface area (Å²) in [5.41, 5.74) is 3.27. The van der Waals surface area contributed by atoms with Gasteiger partial charge in [0.25, 0.3) is 5.91 Å². The van der Waals surface area contributed by atoms with Crippen molar-refractivity contribution >= 4 is 17.4 Å². The lowest BCUT2D eigenvalue weighted by Crippen LogP contribution is -2.22. The molecule has 5 heteroatoms. The van der Waals surface area contributed by atoms with Crippen molar-refractivity contribution in [2.45, 2.75) is 32.3 Å². The van der Waals surface area contributed by atoms with E-state index in [1.807, 2.05) is 32.3 Å². The van der Waals surface area contributed by atoms with Crippen molar-refractivity contribution in [1.82, 2.24) is 4.90 Å². The zero-order valence-electron chi connectivity index (χ0n) is 15.5. The molecular weight excluding hydrogens is 326 g/mol. The third-order valence-electron chi connectivity index (χ3n) is 4.67. The number of hydrogen-bond acceptors (Lipinski definition) is 3. The molecule has 1 unspecified atom stereocenters.